The standard InChI is InChI=1S/C89H142O17P2/c1-5-9-13-17-21-25-29-33-37-40-41-44-47-50-54-58-62-66-70-74-87(92)100-80-85(106-89(94)76-72-68-64-60-56-52-48-43-39-35-31-27-23-19-15-11-7-3)82-104-108(97,98)102-78-83(90)77-101-107(95,96)103-81-84(105-88(93)75-71-67-63-59-55-51-45-36-32-28-24-20-16-12-8-4)79-99-86(91)73-69-65-61-57-53-49-46-42-38-34-30-26-22-18-14-10-6-2/h9-16,21-28,33-39,41,44-46,48-49,52,57,61,83-85,90H,5-8,17-20,29-32,40,42-43,47,50-51,53-56,58-60,62-82H2,1-4H3,(H,95,96)(H,97,98)/b13-9-,14-10-,15-11-,16-12-,25-21-,26-22-,27-23-,28-24-,37-33-,38-34-,39-35-,44-41-,45-36-,49-46-,52-48-,61-57-. The number of phosphoric ester groups is 2. The van der Waals surface area contributed by atoms with E-state index in [4.69, 9.17) is 37.0 Å². The SMILES string of the molecule is CC/C=C\C/C=C\C/C=C\C/C=C\C/C=C\CCCC(=O)OCC(COP(=O)(O)OCC(O)COP(=O)(O)OCC(COC(=O)CCCCCCCC/C=C\C/C=C\C/C=C\C/C=C\CC)OC(=O)CCCCCC/C=C\C/C=C\C/C=C\C/C=C\CC)OC(=O)CCCCCCC/C=C\C/C=C\C/C=C\CC. The first kappa shape index (κ1) is 102. The number of carbonyl (C=O) groups excluding carboxylic acids is 4. The van der Waals surface area contributed by atoms with Crippen LogP contribution in [0.2, 0.25) is 0 Å². The summed E-state index contributed by atoms with van der Waals surface area (Å²) in [6.45, 7) is 4.28. The van der Waals surface area contributed by atoms with Crippen LogP contribution in [0.15, 0.2) is 194 Å². The van der Waals surface area contributed by atoms with Crippen LogP contribution in [0.3, 0.4) is 0 Å². The topological polar surface area (TPSA) is 237 Å². The fourth-order valence-electron chi connectivity index (χ4n) is 10.0. The number of hydrogen-bond donors (Lipinski definition) is 3. The van der Waals surface area contributed by atoms with Crippen LogP contribution in [0, 0.1) is 0 Å². The zero-order valence-corrected chi connectivity index (χ0v) is 68.5. The molecule has 0 bridgehead atoms. The largest absolute Gasteiger partial charge is 0.472 e. The summed E-state index contributed by atoms with van der Waals surface area (Å²) in [5.74, 6) is -2.32. The first-order valence-electron chi connectivity index (χ1n) is 40.7. The van der Waals surface area contributed by atoms with Crippen LogP contribution in [0.4, 0.5) is 0 Å². The van der Waals surface area contributed by atoms with Crippen LogP contribution < -0.4 is 0 Å². The summed E-state index contributed by atoms with van der Waals surface area (Å²) in [6.07, 6.45) is 96.9. The molecule has 0 aromatic carbocycles. The average Bonchev–Trinajstić information content (AvgIpc) is 0.906. The van der Waals surface area contributed by atoms with Crippen molar-refractivity contribution in [2.45, 2.75) is 303 Å². The molecule has 5 atom stereocenters. The molecule has 19 heteroatoms. The quantitative estimate of drug-likeness (QED) is 0.0169. The molecule has 0 saturated heterocycles. The Morgan fingerprint density at radius 1 is 0.259 bits per heavy atom. The number of aliphatic hydroxyl groups excluding tert-OH is 1. The smallest absolute Gasteiger partial charge is 0.462 e. The van der Waals surface area contributed by atoms with Gasteiger partial charge in [-0.1, -0.05) is 280 Å². The van der Waals surface area contributed by atoms with Gasteiger partial charge in [0.05, 0.1) is 26.4 Å². The van der Waals surface area contributed by atoms with Gasteiger partial charge in [0, 0.05) is 25.7 Å². The fraction of sp³-hybridized carbons (Fsp3) is 0.596. The van der Waals surface area contributed by atoms with Gasteiger partial charge < -0.3 is 33.8 Å². The minimum absolute atomic E-state index is 0.0541. The van der Waals surface area contributed by atoms with Crippen molar-refractivity contribution in [1.29, 1.82) is 0 Å². The van der Waals surface area contributed by atoms with E-state index in [-0.39, 0.29) is 25.7 Å². The summed E-state index contributed by atoms with van der Waals surface area (Å²) < 4.78 is 68.6. The number of hydrogen-bond acceptors (Lipinski definition) is 15. The highest BCUT2D eigenvalue weighted by atomic mass is 31.2. The zero-order chi connectivity index (χ0) is 78.9. The Kier molecular flexibility index (Phi) is 74.5. The highest BCUT2D eigenvalue weighted by Gasteiger charge is 2.30. The third-order valence-corrected chi connectivity index (χ3v) is 17.9. The summed E-state index contributed by atoms with van der Waals surface area (Å²) in [7, 11) is -10.0. The molecule has 5 unspecified atom stereocenters. The maximum Gasteiger partial charge on any atom is 0.472 e. The van der Waals surface area contributed by atoms with Crippen LogP contribution >= 0.6 is 15.6 Å². The lowest BCUT2D eigenvalue weighted by atomic mass is 10.1. The Labute approximate surface area is 653 Å². The number of ether oxygens (including phenoxy) is 4. The molecule has 0 amide bonds. The number of esters is 4. The van der Waals surface area contributed by atoms with Crippen LogP contribution in [0.25, 0.3) is 0 Å². The predicted molar refractivity (Wildman–Crippen MR) is 445 cm³/mol. The van der Waals surface area contributed by atoms with Gasteiger partial charge >= 0.3 is 39.5 Å². The van der Waals surface area contributed by atoms with Crippen molar-refractivity contribution in [2.75, 3.05) is 39.6 Å². The molecule has 0 aromatic rings. The second kappa shape index (κ2) is 79.0. The summed E-state index contributed by atoms with van der Waals surface area (Å²) in [5, 5.41) is 10.7. The lowest BCUT2D eigenvalue weighted by Crippen LogP contribution is -2.30. The highest BCUT2D eigenvalue weighted by Crippen LogP contribution is 2.45. The molecular formula is C89H142O17P2. The second-order valence-electron chi connectivity index (χ2n) is 26.2. The molecule has 0 saturated carbocycles. The van der Waals surface area contributed by atoms with Gasteiger partial charge in [0.15, 0.2) is 12.2 Å². The van der Waals surface area contributed by atoms with Crippen molar-refractivity contribution in [1.82, 2.24) is 0 Å². The van der Waals surface area contributed by atoms with Crippen molar-refractivity contribution in [2.24, 2.45) is 0 Å². The van der Waals surface area contributed by atoms with Crippen LogP contribution in [0.5, 0.6) is 0 Å². The van der Waals surface area contributed by atoms with E-state index in [1.54, 1.807) is 0 Å². The van der Waals surface area contributed by atoms with E-state index in [0.717, 1.165) is 199 Å². The lowest BCUT2D eigenvalue weighted by Gasteiger charge is -2.21. The molecule has 0 aliphatic carbocycles. The highest BCUT2D eigenvalue weighted by molar-refractivity contribution is 7.47. The predicted octanol–water partition coefficient (Wildman–Crippen LogP) is 24.1. The minimum atomic E-state index is -5.01. The maximum absolute atomic E-state index is 13.1. The molecule has 610 valence electrons. The lowest BCUT2D eigenvalue weighted by molar-refractivity contribution is -0.161. The van der Waals surface area contributed by atoms with Gasteiger partial charge in [0.25, 0.3) is 0 Å². The van der Waals surface area contributed by atoms with E-state index >= 15 is 0 Å². The van der Waals surface area contributed by atoms with E-state index in [9.17, 15) is 43.2 Å². The second-order valence-corrected chi connectivity index (χ2v) is 29.1. The van der Waals surface area contributed by atoms with Gasteiger partial charge in [-0.2, -0.15) is 0 Å². The first-order chi connectivity index (χ1) is 52.7. The van der Waals surface area contributed by atoms with E-state index < -0.39 is 97.5 Å². The molecule has 3 N–H and O–H groups in total. The van der Waals surface area contributed by atoms with Gasteiger partial charge in [0.1, 0.15) is 19.3 Å². The van der Waals surface area contributed by atoms with Crippen LogP contribution in [0.1, 0.15) is 285 Å². The number of rotatable bonds is 74. The molecule has 0 fully saturated rings. The number of aliphatic hydroxyl groups is 1. The zero-order valence-electron chi connectivity index (χ0n) is 66.7. The Morgan fingerprint density at radius 2 is 0.463 bits per heavy atom. The number of phosphoric acid groups is 2. The Bertz CT molecular complexity index is 2810. The normalized spacial score (nSPS) is 14.8. The van der Waals surface area contributed by atoms with Crippen molar-refractivity contribution in [3.63, 3.8) is 0 Å². The van der Waals surface area contributed by atoms with Crippen LogP contribution in [-0.4, -0.2) is 96.7 Å². The van der Waals surface area contributed by atoms with E-state index in [1.165, 1.54) is 0 Å². The first-order valence-corrected chi connectivity index (χ1v) is 43.7. The maximum atomic E-state index is 13.1. The monoisotopic (exact) mass is 1540 g/mol. The molecule has 17 nitrogen and oxygen atoms in total. The van der Waals surface area contributed by atoms with E-state index in [2.05, 4.69) is 210 Å². The molecule has 0 heterocycles. The summed E-state index contributed by atoms with van der Waals surface area (Å²) in [5.41, 5.74) is 0. The molecule has 0 aliphatic rings. The van der Waals surface area contributed by atoms with Gasteiger partial charge in [-0.3, -0.25) is 37.3 Å². The molecule has 0 aromatic heterocycles. The Hall–Kier alpha value is -6.10. The van der Waals surface area contributed by atoms with Crippen molar-refractivity contribution in [3.8, 4) is 0 Å². The van der Waals surface area contributed by atoms with Gasteiger partial charge in [-0.05, 0) is 173 Å². The molecule has 0 aliphatic heterocycles. The summed E-state index contributed by atoms with van der Waals surface area (Å²) in [4.78, 5) is 73.1. The third-order valence-electron chi connectivity index (χ3n) is 16.0. The average molecular weight is 1550 g/mol. The number of carbonyl (C=O) groups is 4. The minimum Gasteiger partial charge on any atom is -0.462 e. The summed E-state index contributed by atoms with van der Waals surface area (Å²) >= 11 is 0. The molecule has 0 rings (SSSR count). The molecule has 0 radical (unpaired) electrons. The Balaban J connectivity index is 5.49. The fourth-order valence-corrected chi connectivity index (χ4v) is 11.6. The van der Waals surface area contributed by atoms with Gasteiger partial charge in [-0.15, -0.1) is 0 Å². The van der Waals surface area contributed by atoms with Crippen molar-refractivity contribution < 1.29 is 80.2 Å². The Morgan fingerprint density at radius 3 is 0.731 bits per heavy atom. The van der Waals surface area contributed by atoms with Crippen molar-refractivity contribution in [3.05, 3.63) is 194 Å². The van der Waals surface area contributed by atoms with Gasteiger partial charge in [0.2, 0.25) is 0 Å². The number of unbranched alkanes of at least 4 members (excludes halogenated alkanes) is 16. The van der Waals surface area contributed by atoms with Crippen molar-refractivity contribution >= 4 is 39.5 Å². The third kappa shape index (κ3) is 78.0. The summed E-state index contributed by atoms with van der Waals surface area (Å²) in [6, 6.07) is 0. The molecule has 108 heavy (non-hydrogen) atoms. The molecular weight excluding hydrogens is 1400 g/mol. The van der Waals surface area contributed by atoms with Crippen LogP contribution in [-0.2, 0) is 65.4 Å². The number of allylic oxidation sites excluding steroid dienone is 32. The van der Waals surface area contributed by atoms with E-state index in [1.807, 2.05) is 12.2 Å². The van der Waals surface area contributed by atoms with E-state index in [0.29, 0.717) is 32.1 Å². The molecule has 0 spiro atoms. The van der Waals surface area contributed by atoms with Gasteiger partial charge in [-0.25, -0.2) is 9.13 Å².